The second kappa shape index (κ2) is 11.9. The molecule has 0 spiro atoms. The molecule has 4 aromatic rings. The maximum Gasteiger partial charge on any atom is 0.126 e. The molecule has 1 saturated heterocycles. The molecule has 196 valence electrons. The van der Waals surface area contributed by atoms with Gasteiger partial charge in [-0.3, -0.25) is 4.90 Å². The van der Waals surface area contributed by atoms with E-state index in [1.54, 1.807) is 0 Å². The number of aliphatic hydroxyl groups excluding tert-OH is 1. The topological polar surface area (TPSA) is 58.7 Å². The van der Waals surface area contributed by atoms with Crippen LogP contribution in [0.1, 0.15) is 29.2 Å². The summed E-state index contributed by atoms with van der Waals surface area (Å²) in [5, 5.41) is 11.6. The van der Waals surface area contributed by atoms with Crippen molar-refractivity contribution in [3.63, 3.8) is 0 Å². The summed E-state index contributed by atoms with van der Waals surface area (Å²) in [4.78, 5) is 2.26. The fourth-order valence-corrected chi connectivity index (χ4v) is 5.51. The fraction of sp³-hybridized carbons (Fsp3) is 0.250. The third kappa shape index (κ3) is 6.10. The molecule has 1 heterocycles. The van der Waals surface area contributed by atoms with Crippen LogP contribution in [-0.4, -0.2) is 40.8 Å². The summed E-state index contributed by atoms with van der Waals surface area (Å²) in [7, 11) is 0. The van der Waals surface area contributed by atoms with Crippen molar-refractivity contribution in [1.29, 1.82) is 0 Å². The number of ether oxygens (including phenoxy) is 1. The molecule has 0 radical (unpaired) electrons. The minimum absolute atomic E-state index is 0.139. The quantitative estimate of drug-likeness (QED) is 0.309. The molecule has 5 rings (SSSR count). The van der Waals surface area contributed by atoms with Gasteiger partial charge in [0.1, 0.15) is 23.5 Å². The Bertz CT molecular complexity index is 1250. The van der Waals surface area contributed by atoms with E-state index in [1.807, 2.05) is 66.7 Å². The molecule has 6 heteroatoms. The largest absolute Gasteiger partial charge is 0.489 e. The predicted molar refractivity (Wildman–Crippen MR) is 145 cm³/mol. The predicted octanol–water partition coefficient (Wildman–Crippen LogP) is 5.51. The van der Waals surface area contributed by atoms with Crippen molar-refractivity contribution in [2.24, 2.45) is 5.73 Å². The van der Waals surface area contributed by atoms with E-state index in [2.05, 4.69) is 29.2 Å². The zero-order valence-corrected chi connectivity index (χ0v) is 21.0. The van der Waals surface area contributed by atoms with E-state index >= 15 is 0 Å². The monoisotopic (exact) mass is 514 g/mol. The van der Waals surface area contributed by atoms with Crippen LogP contribution in [0, 0.1) is 11.6 Å². The minimum atomic E-state index is -0.958. The van der Waals surface area contributed by atoms with Gasteiger partial charge in [-0.25, -0.2) is 8.78 Å². The van der Waals surface area contributed by atoms with Gasteiger partial charge < -0.3 is 15.6 Å². The van der Waals surface area contributed by atoms with E-state index in [9.17, 15) is 13.9 Å². The third-order valence-electron chi connectivity index (χ3n) is 7.18. The number of nitrogens with zero attached hydrogens (tertiary/aromatic N) is 1. The molecule has 4 atom stereocenters. The number of halogens is 2. The normalized spacial score (nSPS) is 19.4. The molecule has 3 N–H and O–H groups in total. The zero-order chi connectivity index (χ0) is 26.5. The van der Waals surface area contributed by atoms with Crippen LogP contribution in [0.15, 0.2) is 109 Å². The summed E-state index contributed by atoms with van der Waals surface area (Å²) in [6, 6.07) is 32.1. The summed E-state index contributed by atoms with van der Waals surface area (Å²) in [5.74, 6) is -0.550. The highest BCUT2D eigenvalue weighted by atomic mass is 19.1. The highest BCUT2D eigenvalue weighted by Gasteiger charge is 2.43. The lowest BCUT2D eigenvalue weighted by Gasteiger charge is -2.37. The first-order chi connectivity index (χ1) is 18.5. The maximum absolute atomic E-state index is 13.8. The number of nitrogens with two attached hydrogens (primary N) is 1. The molecule has 1 fully saturated rings. The van der Waals surface area contributed by atoms with Crippen LogP contribution in [0.5, 0.6) is 5.75 Å². The van der Waals surface area contributed by atoms with Gasteiger partial charge >= 0.3 is 0 Å². The first-order valence-electron chi connectivity index (χ1n) is 12.9. The van der Waals surface area contributed by atoms with Gasteiger partial charge in [0, 0.05) is 31.1 Å². The van der Waals surface area contributed by atoms with Crippen molar-refractivity contribution in [3.05, 3.63) is 138 Å². The Morgan fingerprint density at radius 3 is 1.89 bits per heavy atom. The van der Waals surface area contributed by atoms with Crippen LogP contribution in [0.3, 0.4) is 0 Å². The molecule has 1 aliphatic rings. The molecule has 4 nitrogen and oxygen atoms in total. The van der Waals surface area contributed by atoms with Crippen molar-refractivity contribution in [2.75, 3.05) is 6.54 Å². The molecule has 0 aliphatic carbocycles. The Morgan fingerprint density at radius 2 is 1.34 bits per heavy atom. The van der Waals surface area contributed by atoms with Crippen LogP contribution in [-0.2, 0) is 6.42 Å². The van der Waals surface area contributed by atoms with Crippen LogP contribution < -0.4 is 10.5 Å². The average Bonchev–Trinajstić information content (AvgIpc) is 3.32. The second-order valence-electron chi connectivity index (χ2n) is 9.91. The van der Waals surface area contributed by atoms with Crippen LogP contribution in [0.2, 0.25) is 0 Å². The third-order valence-corrected chi connectivity index (χ3v) is 7.18. The summed E-state index contributed by atoms with van der Waals surface area (Å²) in [5.41, 5.74) is 9.11. The van der Waals surface area contributed by atoms with Crippen molar-refractivity contribution in [3.8, 4) is 5.75 Å². The number of hydrogen-bond acceptors (Lipinski definition) is 4. The maximum atomic E-state index is 13.8. The smallest absolute Gasteiger partial charge is 0.126 e. The molecule has 0 bridgehead atoms. The summed E-state index contributed by atoms with van der Waals surface area (Å²) in [6.07, 6.45) is -0.435. The highest BCUT2D eigenvalue weighted by molar-refractivity contribution is 5.33. The number of hydrogen-bond donors (Lipinski definition) is 2. The minimum Gasteiger partial charge on any atom is -0.489 e. The molecule has 0 unspecified atom stereocenters. The number of likely N-dealkylation sites (tertiary alicyclic amines) is 1. The molecule has 0 aromatic heterocycles. The number of para-hydroxylation sites is 1. The lowest BCUT2D eigenvalue weighted by atomic mass is 9.92. The standard InChI is InChI=1S/C32H32F2N2O2/c33-25-16-22(17-26(34)19-25)18-29(35)32(37)30-20-28(38-27-14-8-3-9-15-27)21-36(30)31(23-10-4-1-5-11-23)24-12-6-2-7-13-24/h1-17,19,28-32,37H,18,20-21,35H2/t28-,29-,30+,32-/m0/s1. The Labute approximate surface area is 222 Å². The van der Waals surface area contributed by atoms with Gasteiger partial charge in [0.15, 0.2) is 0 Å². The van der Waals surface area contributed by atoms with Crippen LogP contribution in [0.4, 0.5) is 8.78 Å². The Hall–Kier alpha value is -3.58. The van der Waals surface area contributed by atoms with E-state index in [0.29, 0.717) is 18.5 Å². The molecular formula is C32H32F2N2O2. The Balaban J connectivity index is 1.47. The lowest BCUT2D eigenvalue weighted by molar-refractivity contribution is 0.0405. The second-order valence-corrected chi connectivity index (χ2v) is 9.91. The van der Waals surface area contributed by atoms with Gasteiger partial charge in [0.05, 0.1) is 12.1 Å². The van der Waals surface area contributed by atoms with E-state index in [-0.39, 0.29) is 24.6 Å². The van der Waals surface area contributed by atoms with E-state index in [0.717, 1.165) is 22.9 Å². The first-order valence-corrected chi connectivity index (χ1v) is 12.9. The molecule has 4 aromatic carbocycles. The van der Waals surface area contributed by atoms with Gasteiger partial charge in [-0.05, 0) is 47.4 Å². The van der Waals surface area contributed by atoms with E-state index in [1.165, 1.54) is 12.1 Å². The van der Waals surface area contributed by atoms with Crippen LogP contribution in [0.25, 0.3) is 0 Å². The molecule has 0 amide bonds. The number of benzene rings is 4. The first kappa shape index (κ1) is 26.0. The van der Waals surface area contributed by atoms with Gasteiger partial charge in [0.2, 0.25) is 0 Å². The van der Waals surface area contributed by atoms with E-state index in [4.69, 9.17) is 10.5 Å². The van der Waals surface area contributed by atoms with Gasteiger partial charge in [0.25, 0.3) is 0 Å². The molecule has 1 aliphatic heterocycles. The number of rotatable bonds is 9. The summed E-state index contributed by atoms with van der Waals surface area (Å²) < 4.78 is 34.0. The molecule has 0 saturated carbocycles. The number of aliphatic hydroxyl groups is 1. The lowest BCUT2D eigenvalue weighted by Crippen LogP contribution is -2.50. The van der Waals surface area contributed by atoms with Gasteiger partial charge in [-0.1, -0.05) is 78.9 Å². The summed E-state index contributed by atoms with van der Waals surface area (Å²) in [6.45, 7) is 0.576. The average molecular weight is 515 g/mol. The van der Waals surface area contributed by atoms with Crippen molar-refractivity contribution in [2.45, 2.75) is 43.2 Å². The van der Waals surface area contributed by atoms with E-state index < -0.39 is 23.8 Å². The van der Waals surface area contributed by atoms with Gasteiger partial charge in [-0.2, -0.15) is 0 Å². The Morgan fingerprint density at radius 1 is 0.816 bits per heavy atom. The van der Waals surface area contributed by atoms with Gasteiger partial charge in [-0.15, -0.1) is 0 Å². The zero-order valence-electron chi connectivity index (χ0n) is 21.0. The highest BCUT2D eigenvalue weighted by Crippen LogP contribution is 2.37. The SMILES string of the molecule is N[C@@H](Cc1cc(F)cc(F)c1)[C@H](O)[C@H]1C[C@H](Oc2ccccc2)CN1C(c1ccccc1)c1ccccc1. The van der Waals surface area contributed by atoms with Crippen molar-refractivity contribution < 1.29 is 18.6 Å². The Kier molecular flexibility index (Phi) is 8.13. The summed E-state index contributed by atoms with van der Waals surface area (Å²) >= 11 is 0. The molecular weight excluding hydrogens is 482 g/mol. The van der Waals surface area contributed by atoms with Crippen molar-refractivity contribution in [1.82, 2.24) is 4.90 Å². The molecule has 38 heavy (non-hydrogen) atoms. The fourth-order valence-electron chi connectivity index (χ4n) is 5.51. The van der Waals surface area contributed by atoms with Crippen molar-refractivity contribution >= 4 is 0 Å². The van der Waals surface area contributed by atoms with Crippen LogP contribution >= 0.6 is 0 Å².